The number of carboxylic acids is 1. The van der Waals surface area contributed by atoms with Gasteiger partial charge in [0.25, 0.3) is 0 Å². The van der Waals surface area contributed by atoms with E-state index in [0.29, 0.717) is 6.42 Å². The zero-order valence-electron chi connectivity index (χ0n) is 19.8. The molecule has 2 atom stereocenters. The van der Waals surface area contributed by atoms with Gasteiger partial charge < -0.3 is 25.2 Å². The lowest BCUT2D eigenvalue weighted by atomic mass is 9.97. The Hall–Kier alpha value is -3.39. The molecule has 2 aromatic carbocycles. The monoisotopic (exact) mass is 468 g/mol. The molecular formula is C26H32N2O6. The summed E-state index contributed by atoms with van der Waals surface area (Å²) < 4.78 is 10.5. The van der Waals surface area contributed by atoms with E-state index >= 15 is 0 Å². The number of amides is 2. The number of aliphatic carboxylic acids is 1. The van der Waals surface area contributed by atoms with Crippen LogP contribution in [0.1, 0.15) is 50.2 Å². The lowest BCUT2D eigenvalue weighted by Crippen LogP contribution is -2.57. The van der Waals surface area contributed by atoms with Crippen molar-refractivity contribution in [2.24, 2.45) is 0 Å². The van der Waals surface area contributed by atoms with Gasteiger partial charge >= 0.3 is 12.1 Å². The molecule has 1 aliphatic carbocycles. The molecule has 0 heterocycles. The summed E-state index contributed by atoms with van der Waals surface area (Å²) >= 11 is 0. The van der Waals surface area contributed by atoms with Crippen molar-refractivity contribution < 1.29 is 29.0 Å². The minimum Gasteiger partial charge on any atom is -0.479 e. The molecule has 0 saturated heterocycles. The topological polar surface area (TPSA) is 114 Å². The third kappa shape index (κ3) is 5.56. The Morgan fingerprint density at radius 3 is 2.18 bits per heavy atom. The molecule has 0 aromatic heterocycles. The van der Waals surface area contributed by atoms with Gasteiger partial charge in [-0.1, -0.05) is 55.5 Å². The Kier molecular flexibility index (Phi) is 8.28. The first-order chi connectivity index (χ1) is 16.3. The Morgan fingerprint density at radius 2 is 1.65 bits per heavy atom. The normalized spacial score (nSPS) is 14.9. The van der Waals surface area contributed by atoms with Crippen LogP contribution in [0.2, 0.25) is 0 Å². The number of carbonyl (C=O) groups excluding carboxylic acids is 2. The summed E-state index contributed by atoms with van der Waals surface area (Å²) in [4.78, 5) is 36.4. The molecule has 0 aliphatic heterocycles. The summed E-state index contributed by atoms with van der Waals surface area (Å²) in [5.41, 5.74) is 3.12. The lowest BCUT2D eigenvalue weighted by molar-refractivity contribution is -0.150. The number of nitrogens with one attached hydrogen (secondary N) is 2. The second-order valence-corrected chi connectivity index (χ2v) is 8.63. The number of hydrogen-bond donors (Lipinski definition) is 3. The molecule has 2 amide bonds. The van der Waals surface area contributed by atoms with E-state index in [0.717, 1.165) is 22.3 Å². The number of hydrogen-bond acceptors (Lipinski definition) is 5. The Bertz CT molecular complexity index is 994. The highest BCUT2D eigenvalue weighted by atomic mass is 16.5. The standard InChI is InChI=1S/C26H32N2O6/c1-4-26(16-33-3,24(30)31)28-23(29)14-13-17(2)27-25(32)34-15-22-20-11-7-5-9-18(20)19-10-6-8-12-21(19)22/h5-12,17,22H,4,13-16H2,1-3H3,(H,27,32)(H,28,29)(H,30,31). The van der Waals surface area contributed by atoms with Crippen LogP contribution in [0.3, 0.4) is 0 Å². The second-order valence-electron chi connectivity index (χ2n) is 8.63. The molecule has 0 bridgehead atoms. The minimum atomic E-state index is -1.46. The average Bonchev–Trinajstić information content (AvgIpc) is 3.14. The smallest absolute Gasteiger partial charge is 0.407 e. The van der Waals surface area contributed by atoms with Crippen LogP contribution in [0.4, 0.5) is 4.79 Å². The van der Waals surface area contributed by atoms with Gasteiger partial charge in [-0.2, -0.15) is 0 Å². The average molecular weight is 469 g/mol. The zero-order valence-corrected chi connectivity index (χ0v) is 19.8. The minimum absolute atomic E-state index is 0.0294. The molecular weight excluding hydrogens is 436 g/mol. The van der Waals surface area contributed by atoms with Crippen LogP contribution in [0.25, 0.3) is 11.1 Å². The van der Waals surface area contributed by atoms with Crippen LogP contribution in [0, 0.1) is 0 Å². The third-order valence-electron chi connectivity index (χ3n) is 6.29. The maximum atomic E-state index is 12.4. The second kappa shape index (κ2) is 11.2. The maximum absolute atomic E-state index is 12.4. The number of carboxylic acid groups (broad SMARTS) is 1. The van der Waals surface area contributed by atoms with Crippen molar-refractivity contribution in [3.8, 4) is 11.1 Å². The molecule has 8 nitrogen and oxygen atoms in total. The van der Waals surface area contributed by atoms with E-state index in [9.17, 15) is 19.5 Å². The van der Waals surface area contributed by atoms with E-state index in [4.69, 9.17) is 9.47 Å². The molecule has 0 saturated carbocycles. The molecule has 1 aliphatic rings. The van der Waals surface area contributed by atoms with Crippen molar-refractivity contribution in [1.82, 2.24) is 10.6 Å². The highest BCUT2D eigenvalue weighted by Gasteiger charge is 2.38. The first-order valence-electron chi connectivity index (χ1n) is 11.5. The van der Waals surface area contributed by atoms with Gasteiger partial charge in [0.2, 0.25) is 5.91 Å². The van der Waals surface area contributed by atoms with E-state index in [-0.39, 0.29) is 38.0 Å². The maximum Gasteiger partial charge on any atom is 0.407 e. The third-order valence-corrected chi connectivity index (χ3v) is 6.29. The van der Waals surface area contributed by atoms with Gasteiger partial charge in [0.15, 0.2) is 5.54 Å². The fourth-order valence-corrected chi connectivity index (χ4v) is 4.33. The van der Waals surface area contributed by atoms with Crippen molar-refractivity contribution in [3.63, 3.8) is 0 Å². The summed E-state index contributed by atoms with van der Waals surface area (Å²) in [6, 6.07) is 15.9. The lowest BCUT2D eigenvalue weighted by Gasteiger charge is -2.28. The molecule has 0 spiro atoms. The first kappa shape index (κ1) is 25.2. The molecule has 2 unspecified atom stereocenters. The molecule has 2 aromatic rings. The fourth-order valence-electron chi connectivity index (χ4n) is 4.33. The van der Waals surface area contributed by atoms with Crippen molar-refractivity contribution in [2.45, 2.75) is 50.6 Å². The highest BCUT2D eigenvalue weighted by molar-refractivity contribution is 5.87. The first-order valence-corrected chi connectivity index (χ1v) is 11.5. The van der Waals surface area contributed by atoms with E-state index in [2.05, 4.69) is 34.9 Å². The predicted molar refractivity (Wildman–Crippen MR) is 128 cm³/mol. The summed E-state index contributed by atoms with van der Waals surface area (Å²) in [5, 5.41) is 14.8. The Morgan fingerprint density at radius 1 is 1.06 bits per heavy atom. The Balaban J connectivity index is 1.49. The molecule has 0 radical (unpaired) electrons. The molecule has 8 heteroatoms. The highest BCUT2D eigenvalue weighted by Crippen LogP contribution is 2.44. The van der Waals surface area contributed by atoms with Crippen LogP contribution in [-0.4, -0.2) is 55.0 Å². The summed E-state index contributed by atoms with van der Waals surface area (Å²) in [7, 11) is 1.39. The van der Waals surface area contributed by atoms with Gasteiger partial charge in [0.05, 0.1) is 6.61 Å². The van der Waals surface area contributed by atoms with E-state index < -0.39 is 23.5 Å². The van der Waals surface area contributed by atoms with Crippen LogP contribution < -0.4 is 10.6 Å². The van der Waals surface area contributed by atoms with Gasteiger partial charge in [0, 0.05) is 25.5 Å². The molecule has 182 valence electrons. The van der Waals surface area contributed by atoms with Crippen LogP contribution in [0.5, 0.6) is 0 Å². The summed E-state index contributed by atoms with van der Waals surface area (Å²) in [6.45, 7) is 3.53. The van der Waals surface area contributed by atoms with Crippen LogP contribution >= 0.6 is 0 Å². The van der Waals surface area contributed by atoms with E-state index in [1.165, 1.54) is 7.11 Å². The number of methoxy groups -OCH3 is 1. The van der Waals surface area contributed by atoms with Gasteiger partial charge in [-0.25, -0.2) is 9.59 Å². The number of benzene rings is 2. The van der Waals surface area contributed by atoms with E-state index in [1.807, 2.05) is 24.3 Å². The van der Waals surface area contributed by atoms with Crippen molar-refractivity contribution in [2.75, 3.05) is 20.3 Å². The molecule has 3 rings (SSSR count). The van der Waals surface area contributed by atoms with Crippen molar-refractivity contribution >= 4 is 18.0 Å². The number of ether oxygens (including phenoxy) is 2. The quantitative estimate of drug-likeness (QED) is 0.464. The Labute approximate surface area is 199 Å². The molecule has 34 heavy (non-hydrogen) atoms. The van der Waals surface area contributed by atoms with Crippen molar-refractivity contribution in [3.05, 3.63) is 59.7 Å². The van der Waals surface area contributed by atoms with Crippen molar-refractivity contribution in [1.29, 1.82) is 0 Å². The number of alkyl carbamates (subject to hydrolysis) is 1. The van der Waals surface area contributed by atoms with E-state index in [1.54, 1.807) is 13.8 Å². The van der Waals surface area contributed by atoms with Gasteiger partial charge in [-0.05, 0) is 42.0 Å². The summed E-state index contributed by atoms with van der Waals surface area (Å²) in [5.74, 6) is -1.59. The summed E-state index contributed by atoms with van der Waals surface area (Å²) in [6.07, 6.45) is 0.0316. The number of carbonyl (C=O) groups is 3. The van der Waals surface area contributed by atoms with Gasteiger partial charge in [-0.3, -0.25) is 4.79 Å². The van der Waals surface area contributed by atoms with Gasteiger partial charge in [0.1, 0.15) is 6.61 Å². The van der Waals surface area contributed by atoms with Crippen LogP contribution in [0.15, 0.2) is 48.5 Å². The van der Waals surface area contributed by atoms with Gasteiger partial charge in [-0.15, -0.1) is 0 Å². The van der Waals surface area contributed by atoms with Crippen LogP contribution in [-0.2, 0) is 19.1 Å². The largest absolute Gasteiger partial charge is 0.479 e. The number of fused-ring (bicyclic) bond motifs is 3. The predicted octanol–water partition coefficient (Wildman–Crippen LogP) is 3.69. The zero-order chi connectivity index (χ0) is 24.7. The fraction of sp³-hybridized carbons (Fsp3) is 0.423. The molecule has 3 N–H and O–H groups in total. The molecule has 0 fully saturated rings. The number of rotatable bonds is 11. The SMILES string of the molecule is CCC(COC)(NC(=O)CCC(C)NC(=O)OCC1c2ccccc2-c2ccccc21)C(=O)O.